The average Bonchev–Trinajstić information content (AvgIpc) is 2.44. The number of hydrogen-bond acceptors (Lipinski definition) is 3. The molecule has 0 unspecified atom stereocenters. The van der Waals surface area contributed by atoms with Crippen LogP contribution in [0.25, 0.3) is 21.5 Å². The van der Waals surface area contributed by atoms with Crippen LogP contribution in [-0.4, -0.2) is 13.0 Å². The zero-order chi connectivity index (χ0) is 15.0. The number of hydrogen-bond donors (Lipinski definition) is 0. The molecule has 0 aromatic heterocycles. The Bertz CT molecular complexity index is 962. The summed E-state index contributed by atoms with van der Waals surface area (Å²) >= 11 is 0. The Morgan fingerprint density at radius 1 is 1.00 bits per heavy atom. The van der Waals surface area contributed by atoms with E-state index in [1.54, 1.807) is 12.1 Å². The summed E-state index contributed by atoms with van der Waals surface area (Å²) in [6, 6.07) is 14.8. The molecule has 0 aliphatic rings. The summed E-state index contributed by atoms with van der Waals surface area (Å²) in [5.74, 6) is 0. The Balaban J connectivity index is 0.00000176. The van der Waals surface area contributed by atoms with Crippen LogP contribution in [-0.2, 0) is 16.5 Å². The van der Waals surface area contributed by atoms with Crippen molar-refractivity contribution in [2.24, 2.45) is 0 Å². The number of rotatable bonds is 3. The van der Waals surface area contributed by atoms with Gasteiger partial charge < -0.3 is 4.55 Å². The number of allylic oxidation sites excluding steroid dienone is 1. The van der Waals surface area contributed by atoms with Gasteiger partial charge in [0.05, 0.1) is 4.90 Å². The zero-order valence-electron chi connectivity index (χ0n) is 12.2. The average molecular weight is 383 g/mol. The normalized spacial score (nSPS) is 11.3. The minimum atomic E-state index is -4.50. The minimum Gasteiger partial charge on any atom is -0.744 e. The topological polar surface area (TPSA) is 57.2 Å². The fourth-order valence-electron chi connectivity index (χ4n) is 2.65. The van der Waals surface area contributed by atoms with Crippen LogP contribution in [0.2, 0.25) is 0 Å². The summed E-state index contributed by atoms with van der Waals surface area (Å²) < 4.78 is 34.3. The third-order valence-corrected chi connectivity index (χ3v) is 4.49. The van der Waals surface area contributed by atoms with Crippen molar-refractivity contribution < 1.29 is 71.2 Å². The van der Waals surface area contributed by atoms with Crippen molar-refractivity contribution in [3.8, 4) is 0 Å². The maximum absolute atomic E-state index is 11.4. The van der Waals surface area contributed by atoms with Gasteiger partial charge in [0, 0.05) is 0 Å². The number of benzene rings is 3. The molecule has 0 N–H and O–H groups in total. The molecule has 0 amide bonds. The third-order valence-electron chi connectivity index (χ3n) is 3.57. The Kier molecular flexibility index (Phi) is 5.75. The van der Waals surface area contributed by atoms with E-state index in [0.29, 0.717) is 12.0 Å². The molecule has 0 bridgehead atoms. The first-order valence-corrected chi connectivity index (χ1v) is 7.93. The summed E-state index contributed by atoms with van der Waals surface area (Å²) in [7, 11) is -4.50. The maximum atomic E-state index is 11.4. The molecule has 22 heavy (non-hydrogen) atoms. The molecule has 0 radical (unpaired) electrons. The predicted octanol–water partition coefficient (Wildman–Crippen LogP) is 0.630. The van der Waals surface area contributed by atoms with E-state index in [9.17, 15) is 13.0 Å². The fraction of sp³-hybridized carbons (Fsp3) is 0.0588. The molecule has 0 aliphatic carbocycles. The largest absolute Gasteiger partial charge is 1.00 e. The molecule has 0 aliphatic heterocycles. The number of fused-ring (bicyclic) bond motifs is 2. The van der Waals surface area contributed by atoms with E-state index in [4.69, 9.17) is 0 Å². The van der Waals surface area contributed by atoms with Gasteiger partial charge in [-0.3, -0.25) is 0 Å². The molecular weight excluding hydrogens is 370 g/mol. The Morgan fingerprint density at radius 2 is 1.64 bits per heavy atom. The van der Waals surface area contributed by atoms with Gasteiger partial charge in [-0.25, -0.2) is 8.42 Å². The van der Waals surface area contributed by atoms with Crippen molar-refractivity contribution in [2.45, 2.75) is 11.3 Å². The Morgan fingerprint density at radius 3 is 2.23 bits per heavy atom. The quantitative estimate of drug-likeness (QED) is 0.379. The molecule has 3 rings (SSSR count). The summed E-state index contributed by atoms with van der Waals surface area (Å²) in [4.78, 5) is -0.162. The summed E-state index contributed by atoms with van der Waals surface area (Å²) in [6.07, 6.45) is 1.95. The van der Waals surface area contributed by atoms with Gasteiger partial charge in [0.1, 0.15) is 10.1 Å². The molecule has 3 nitrogen and oxygen atoms in total. The van der Waals surface area contributed by atoms with Gasteiger partial charge in [0.2, 0.25) is 0 Å². The maximum Gasteiger partial charge on any atom is 1.00 e. The van der Waals surface area contributed by atoms with E-state index in [1.165, 1.54) is 6.07 Å². The van der Waals surface area contributed by atoms with Gasteiger partial charge in [-0.1, -0.05) is 36.4 Å². The molecule has 106 valence electrons. The van der Waals surface area contributed by atoms with Crippen molar-refractivity contribution in [1.82, 2.24) is 0 Å². The van der Waals surface area contributed by atoms with E-state index >= 15 is 0 Å². The van der Waals surface area contributed by atoms with Gasteiger partial charge in [0.25, 0.3) is 0 Å². The van der Waals surface area contributed by atoms with Gasteiger partial charge in [-0.2, -0.15) is 0 Å². The summed E-state index contributed by atoms with van der Waals surface area (Å²) in [5, 5.41) is 3.78. The van der Waals surface area contributed by atoms with Crippen molar-refractivity contribution in [1.29, 1.82) is 0 Å². The molecule has 0 saturated heterocycles. The van der Waals surface area contributed by atoms with Gasteiger partial charge in [0.15, 0.2) is 0 Å². The van der Waals surface area contributed by atoms with Crippen LogP contribution >= 0.6 is 0 Å². The first-order chi connectivity index (χ1) is 10.0. The summed E-state index contributed by atoms with van der Waals surface area (Å²) in [5.41, 5.74) is 0.517. The molecule has 0 atom stereocenters. The molecule has 0 spiro atoms. The Labute approximate surface area is 178 Å². The molecule has 3 aromatic rings. The second-order valence-electron chi connectivity index (χ2n) is 4.91. The van der Waals surface area contributed by atoms with Crippen LogP contribution in [0, 0.1) is 0 Å². The van der Waals surface area contributed by atoms with Crippen LogP contribution in [0.5, 0.6) is 0 Å². The van der Waals surface area contributed by atoms with Crippen LogP contribution < -0.4 is 58.2 Å². The molecule has 0 fully saturated rings. The third kappa shape index (κ3) is 3.42. The minimum absolute atomic E-state index is 0. The smallest absolute Gasteiger partial charge is 0.744 e. The van der Waals surface area contributed by atoms with Crippen LogP contribution in [0.15, 0.2) is 66.1 Å². The van der Waals surface area contributed by atoms with Crippen molar-refractivity contribution in [2.75, 3.05) is 0 Å². The summed E-state index contributed by atoms with van der Waals surface area (Å²) in [6.45, 7) is 3.65. The molecule has 0 saturated carbocycles. The van der Waals surface area contributed by atoms with Crippen molar-refractivity contribution in [3.05, 3.63) is 66.7 Å². The van der Waals surface area contributed by atoms with Gasteiger partial charge in [-0.05, 0) is 51.7 Å². The predicted molar refractivity (Wildman–Crippen MR) is 83.3 cm³/mol. The van der Waals surface area contributed by atoms with Crippen molar-refractivity contribution >= 4 is 31.7 Å². The van der Waals surface area contributed by atoms with E-state index in [2.05, 4.69) is 6.58 Å². The standard InChI is InChI=1S/C17H14O3S.Rb/c1-2-5-15-16-11-13-7-4-3-6-12(13)10-14(16)8-9-17(15)21(18,19)20;/h2-4,6-11H,1,5H2,(H,18,19,20);/q;+1/p-1. The van der Waals surface area contributed by atoms with Crippen LogP contribution in [0.4, 0.5) is 0 Å². The zero-order valence-corrected chi connectivity index (χ0v) is 18.0. The molecular formula is C17H13O3RbS. The van der Waals surface area contributed by atoms with E-state index in [1.807, 2.05) is 36.4 Å². The second kappa shape index (κ2) is 7.03. The first kappa shape index (κ1) is 18.0. The van der Waals surface area contributed by atoms with Gasteiger partial charge in [-0.15, -0.1) is 6.58 Å². The van der Waals surface area contributed by atoms with E-state index in [0.717, 1.165) is 21.5 Å². The molecule has 0 heterocycles. The van der Waals surface area contributed by atoms with Gasteiger partial charge >= 0.3 is 58.2 Å². The van der Waals surface area contributed by atoms with Crippen LogP contribution in [0.1, 0.15) is 5.56 Å². The molecule has 5 heteroatoms. The Hall–Kier alpha value is -0.365. The fourth-order valence-corrected chi connectivity index (χ4v) is 3.37. The SMILES string of the molecule is C=CCc1c(S(=O)(=O)[O-])ccc2cc3ccccc3cc12.[Rb+]. The first-order valence-electron chi connectivity index (χ1n) is 6.52. The van der Waals surface area contributed by atoms with E-state index in [-0.39, 0.29) is 63.1 Å². The van der Waals surface area contributed by atoms with Crippen molar-refractivity contribution in [3.63, 3.8) is 0 Å². The van der Waals surface area contributed by atoms with E-state index < -0.39 is 10.1 Å². The van der Waals surface area contributed by atoms with Crippen LogP contribution in [0.3, 0.4) is 0 Å². The second-order valence-corrected chi connectivity index (χ2v) is 6.26. The molecule has 3 aromatic carbocycles. The monoisotopic (exact) mass is 382 g/mol.